The molecule has 1 heterocycles. The van der Waals surface area contributed by atoms with Crippen LogP contribution < -0.4 is 10.6 Å². The highest BCUT2D eigenvalue weighted by molar-refractivity contribution is 7.16. The molecule has 114 valence electrons. The number of nitriles is 1. The van der Waals surface area contributed by atoms with Gasteiger partial charge >= 0.3 is 0 Å². The highest BCUT2D eigenvalue weighted by Crippen LogP contribution is 2.37. The molecule has 0 unspecified atom stereocenters. The van der Waals surface area contributed by atoms with E-state index in [1.54, 1.807) is 11.3 Å². The van der Waals surface area contributed by atoms with Crippen molar-refractivity contribution in [2.75, 3.05) is 11.9 Å². The van der Waals surface area contributed by atoms with Crippen LogP contribution in [0.3, 0.4) is 0 Å². The quantitative estimate of drug-likeness (QED) is 0.839. The van der Waals surface area contributed by atoms with Crippen molar-refractivity contribution in [1.82, 2.24) is 5.32 Å². The van der Waals surface area contributed by atoms with Gasteiger partial charge < -0.3 is 10.6 Å². The van der Waals surface area contributed by atoms with Crippen LogP contribution >= 0.6 is 11.3 Å². The standard InChI is InChI=1S/C16H23N3OS/c1-4-18-16(2,3)15(20)19-14-12(10-17)11-8-6-5-7-9-13(11)21-14/h18H,4-9H2,1-3H3,(H,19,20). The number of likely N-dealkylation sites (N-methyl/N-ethyl adjacent to an activating group) is 1. The number of aryl methyl sites for hydroxylation is 1. The lowest BCUT2D eigenvalue weighted by molar-refractivity contribution is -0.121. The molecule has 1 aromatic rings. The summed E-state index contributed by atoms with van der Waals surface area (Å²) in [5.41, 5.74) is 1.21. The molecule has 2 N–H and O–H groups in total. The Morgan fingerprint density at radius 3 is 2.71 bits per heavy atom. The Kier molecular flexibility index (Phi) is 5.02. The van der Waals surface area contributed by atoms with Gasteiger partial charge in [-0.25, -0.2) is 0 Å². The first-order valence-electron chi connectivity index (χ1n) is 7.60. The second-order valence-corrected chi connectivity index (χ2v) is 7.10. The van der Waals surface area contributed by atoms with E-state index in [4.69, 9.17) is 0 Å². The number of carbonyl (C=O) groups is 1. The average molecular weight is 305 g/mol. The molecule has 5 heteroatoms. The fourth-order valence-electron chi connectivity index (χ4n) is 2.73. The largest absolute Gasteiger partial charge is 0.315 e. The number of nitrogens with one attached hydrogen (secondary N) is 2. The van der Waals surface area contributed by atoms with E-state index in [0.717, 1.165) is 36.4 Å². The molecule has 4 nitrogen and oxygen atoms in total. The highest BCUT2D eigenvalue weighted by Gasteiger charge is 2.28. The molecule has 0 bridgehead atoms. The van der Waals surface area contributed by atoms with Gasteiger partial charge in [0.05, 0.1) is 11.1 Å². The third-order valence-electron chi connectivity index (χ3n) is 3.95. The fourth-order valence-corrected chi connectivity index (χ4v) is 3.97. The summed E-state index contributed by atoms with van der Waals surface area (Å²) >= 11 is 1.58. The smallest absolute Gasteiger partial charge is 0.244 e. The van der Waals surface area contributed by atoms with Crippen LogP contribution in [0, 0.1) is 11.3 Å². The van der Waals surface area contributed by atoms with E-state index in [-0.39, 0.29) is 5.91 Å². The molecule has 21 heavy (non-hydrogen) atoms. The molecule has 0 aliphatic heterocycles. The number of amides is 1. The van der Waals surface area contributed by atoms with E-state index in [2.05, 4.69) is 16.7 Å². The van der Waals surface area contributed by atoms with Crippen LogP contribution in [0.25, 0.3) is 0 Å². The maximum Gasteiger partial charge on any atom is 0.244 e. The van der Waals surface area contributed by atoms with Gasteiger partial charge in [-0.2, -0.15) is 5.26 Å². The van der Waals surface area contributed by atoms with Crippen molar-refractivity contribution < 1.29 is 4.79 Å². The third kappa shape index (κ3) is 3.45. The topological polar surface area (TPSA) is 64.9 Å². The molecule has 1 aliphatic carbocycles. The van der Waals surface area contributed by atoms with E-state index in [1.807, 2.05) is 20.8 Å². The zero-order valence-electron chi connectivity index (χ0n) is 13.0. The summed E-state index contributed by atoms with van der Waals surface area (Å²) in [5, 5.41) is 16.3. The first-order chi connectivity index (χ1) is 9.99. The van der Waals surface area contributed by atoms with Crippen LogP contribution in [0.2, 0.25) is 0 Å². The number of thiophene rings is 1. The molecule has 1 aromatic heterocycles. The van der Waals surface area contributed by atoms with Gasteiger partial charge in [-0.05, 0) is 51.6 Å². The summed E-state index contributed by atoms with van der Waals surface area (Å²) in [6.07, 6.45) is 5.52. The Labute approximate surface area is 130 Å². The lowest BCUT2D eigenvalue weighted by Crippen LogP contribution is -2.49. The van der Waals surface area contributed by atoms with E-state index >= 15 is 0 Å². The molecular formula is C16H23N3OS. The summed E-state index contributed by atoms with van der Waals surface area (Å²) in [6.45, 7) is 6.42. The number of anilines is 1. The molecular weight excluding hydrogens is 282 g/mol. The molecule has 0 saturated carbocycles. The zero-order chi connectivity index (χ0) is 15.5. The van der Waals surface area contributed by atoms with Gasteiger partial charge in [-0.15, -0.1) is 11.3 Å². The van der Waals surface area contributed by atoms with Crippen LogP contribution in [-0.4, -0.2) is 18.0 Å². The maximum atomic E-state index is 12.4. The Bertz CT molecular complexity index is 569. The molecule has 1 amide bonds. The Morgan fingerprint density at radius 2 is 2.05 bits per heavy atom. The minimum absolute atomic E-state index is 0.0859. The zero-order valence-corrected chi connectivity index (χ0v) is 13.8. The number of carbonyl (C=O) groups excluding carboxylic acids is 1. The summed E-state index contributed by atoms with van der Waals surface area (Å²) in [5.74, 6) is -0.0859. The Balaban J connectivity index is 2.25. The highest BCUT2D eigenvalue weighted by atomic mass is 32.1. The van der Waals surface area contributed by atoms with E-state index < -0.39 is 5.54 Å². The number of rotatable bonds is 4. The van der Waals surface area contributed by atoms with Crippen molar-refractivity contribution in [2.24, 2.45) is 0 Å². The summed E-state index contributed by atoms with van der Waals surface area (Å²) < 4.78 is 0. The molecule has 1 aliphatic rings. The van der Waals surface area contributed by atoms with Crippen LogP contribution in [0.1, 0.15) is 56.0 Å². The number of hydrogen-bond acceptors (Lipinski definition) is 4. The van der Waals surface area contributed by atoms with Gasteiger partial charge in [-0.3, -0.25) is 4.79 Å². The second kappa shape index (κ2) is 6.59. The Morgan fingerprint density at radius 1 is 1.33 bits per heavy atom. The monoisotopic (exact) mass is 305 g/mol. The Hall–Kier alpha value is -1.38. The van der Waals surface area contributed by atoms with Crippen LogP contribution in [0.5, 0.6) is 0 Å². The summed E-state index contributed by atoms with van der Waals surface area (Å²) in [7, 11) is 0. The van der Waals surface area contributed by atoms with E-state index in [1.165, 1.54) is 17.7 Å². The predicted octanol–water partition coefficient (Wildman–Crippen LogP) is 3.22. The van der Waals surface area contributed by atoms with Gasteiger partial charge in [-0.1, -0.05) is 13.3 Å². The first-order valence-corrected chi connectivity index (χ1v) is 8.42. The van der Waals surface area contributed by atoms with Crippen LogP contribution in [0.15, 0.2) is 0 Å². The number of hydrogen-bond donors (Lipinski definition) is 2. The average Bonchev–Trinajstić information content (AvgIpc) is 2.59. The van der Waals surface area contributed by atoms with E-state index in [9.17, 15) is 10.1 Å². The van der Waals surface area contributed by atoms with Crippen molar-refractivity contribution in [3.05, 3.63) is 16.0 Å². The molecule has 0 spiro atoms. The SMILES string of the molecule is CCNC(C)(C)C(=O)Nc1sc2c(c1C#N)CCCCC2. The van der Waals surface area contributed by atoms with Gasteiger partial charge in [0.25, 0.3) is 0 Å². The predicted molar refractivity (Wildman–Crippen MR) is 86.7 cm³/mol. The third-order valence-corrected chi connectivity index (χ3v) is 5.15. The van der Waals surface area contributed by atoms with Gasteiger partial charge in [0.15, 0.2) is 0 Å². The van der Waals surface area contributed by atoms with Crippen molar-refractivity contribution >= 4 is 22.2 Å². The fraction of sp³-hybridized carbons (Fsp3) is 0.625. The minimum Gasteiger partial charge on any atom is -0.315 e. The van der Waals surface area contributed by atoms with Crippen molar-refractivity contribution in [2.45, 2.75) is 58.4 Å². The summed E-state index contributed by atoms with van der Waals surface area (Å²) in [6, 6.07) is 2.30. The molecule has 2 rings (SSSR count). The molecule has 0 radical (unpaired) electrons. The first kappa shape index (κ1) is 16.0. The van der Waals surface area contributed by atoms with Crippen LogP contribution in [0.4, 0.5) is 5.00 Å². The summed E-state index contributed by atoms with van der Waals surface area (Å²) in [4.78, 5) is 13.7. The van der Waals surface area contributed by atoms with E-state index in [0.29, 0.717) is 5.56 Å². The lowest BCUT2D eigenvalue weighted by atomic mass is 10.0. The number of fused-ring (bicyclic) bond motifs is 1. The molecule has 0 aromatic carbocycles. The minimum atomic E-state index is -0.636. The normalized spacial score (nSPS) is 15.0. The van der Waals surface area contributed by atoms with Crippen molar-refractivity contribution in [1.29, 1.82) is 5.26 Å². The lowest BCUT2D eigenvalue weighted by Gasteiger charge is -2.24. The van der Waals surface area contributed by atoms with Crippen molar-refractivity contribution in [3.8, 4) is 6.07 Å². The molecule has 0 atom stereocenters. The molecule has 0 saturated heterocycles. The van der Waals surface area contributed by atoms with Crippen LogP contribution in [-0.2, 0) is 17.6 Å². The maximum absolute atomic E-state index is 12.4. The molecule has 0 fully saturated rings. The van der Waals surface area contributed by atoms with Gasteiger partial charge in [0.2, 0.25) is 5.91 Å². The van der Waals surface area contributed by atoms with Gasteiger partial charge in [0, 0.05) is 4.88 Å². The van der Waals surface area contributed by atoms with Gasteiger partial charge in [0.1, 0.15) is 11.1 Å². The van der Waals surface area contributed by atoms with Crippen molar-refractivity contribution in [3.63, 3.8) is 0 Å². The second-order valence-electron chi connectivity index (χ2n) is 5.99. The number of nitrogens with zero attached hydrogens (tertiary/aromatic N) is 1.